The Balaban J connectivity index is 1.71. The van der Waals surface area contributed by atoms with E-state index in [1.807, 2.05) is 54.8 Å². The quantitative estimate of drug-likeness (QED) is 0.625. The number of aryl methyl sites for hydroxylation is 1. The van der Waals surface area contributed by atoms with Crippen molar-refractivity contribution in [2.75, 3.05) is 19.5 Å². The number of methoxy groups -OCH3 is 2. The Morgan fingerprint density at radius 1 is 1.15 bits per heavy atom. The number of ether oxygens (including phenoxy) is 2. The predicted molar refractivity (Wildman–Crippen MR) is 109 cm³/mol. The molecule has 0 spiro atoms. The van der Waals surface area contributed by atoms with Crippen LogP contribution in [0.2, 0.25) is 0 Å². The van der Waals surface area contributed by atoms with Gasteiger partial charge in [-0.1, -0.05) is 23.8 Å². The molecule has 0 aliphatic carbocycles. The van der Waals surface area contributed by atoms with Gasteiger partial charge in [-0.05, 0) is 42.8 Å². The van der Waals surface area contributed by atoms with Crippen LogP contribution in [0.25, 0.3) is 17.3 Å². The molecular formula is C21H20N2O3S. The summed E-state index contributed by atoms with van der Waals surface area (Å²) in [6.45, 7) is 2.02. The van der Waals surface area contributed by atoms with E-state index in [0.29, 0.717) is 5.13 Å². The summed E-state index contributed by atoms with van der Waals surface area (Å²) < 4.78 is 10.6. The summed E-state index contributed by atoms with van der Waals surface area (Å²) in [6.07, 6.45) is 3.21. The van der Waals surface area contributed by atoms with Crippen LogP contribution in [0, 0.1) is 6.92 Å². The Hall–Kier alpha value is -3.12. The molecule has 1 aromatic heterocycles. The van der Waals surface area contributed by atoms with Crippen LogP contribution in [0.4, 0.5) is 5.13 Å². The van der Waals surface area contributed by atoms with Gasteiger partial charge in [0.2, 0.25) is 5.91 Å². The first kappa shape index (κ1) is 18.7. The number of nitrogens with one attached hydrogen (secondary N) is 1. The third-order valence-electron chi connectivity index (χ3n) is 3.89. The van der Waals surface area contributed by atoms with E-state index in [1.165, 1.54) is 17.4 Å². The van der Waals surface area contributed by atoms with Gasteiger partial charge < -0.3 is 9.47 Å². The lowest BCUT2D eigenvalue weighted by Crippen LogP contribution is -2.07. The summed E-state index contributed by atoms with van der Waals surface area (Å²) >= 11 is 1.37. The summed E-state index contributed by atoms with van der Waals surface area (Å²) in [4.78, 5) is 16.7. The molecule has 0 saturated heterocycles. The number of amides is 1. The molecule has 27 heavy (non-hydrogen) atoms. The Kier molecular flexibility index (Phi) is 5.88. The Morgan fingerprint density at radius 2 is 2.00 bits per heavy atom. The maximum Gasteiger partial charge on any atom is 0.250 e. The van der Waals surface area contributed by atoms with Gasteiger partial charge in [-0.3, -0.25) is 10.1 Å². The highest BCUT2D eigenvalue weighted by Crippen LogP contribution is 2.32. The first-order chi connectivity index (χ1) is 13.1. The number of thiazole rings is 1. The number of rotatable bonds is 6. The number of carbonyl (C=O) groups excluding carboxylic acids is 1. The van der Waals surface area contributed by atoms with Crippen LogP contribution in [0.15, 0.2) is 53.9 Å². The molecule has 0 unspecified atom stereocenters. The first-order valence-electron chi connectivity index (χ1n) is 8.32. The molecule has 0 saturated carbocycles. The monoisotopic (exact) mass is 380 g/mol. The van der Waals surface area contributed by atoms with Crippen molar-refractivity contribution in [1.82, 2.24) is 4.98 Å². The van der Waals surface area contributed by atoms with E-state index >= 15 is 0 Å². The molecule has 2 aromatic carbocycles. The van der Waals surface area contributed by atoms with E-state index in [4.69, 9.17) is 9.47 Å². The highest BCUT2D eigenvalue weighted by atomic mass is 32.1. The minimum absolute atomic E-state index is 0.241. The predicted octanol–water partition coefficient (Wildman–Crippen LogP) is 4.79. The van der Waals surface area contributed by atoms with E-state index in [9.17, 15) is 4.79 Å². The third-order valence-corrected chi connectivity index (χ3v) is 4.64. The second-order valence-corrected chi connectivity index (χ2v) is 6.70. The Labute approximate surface area is 162 Å². The van der Waals surface area contributed by atoms with Gasteiger partial charge in [0.05, 0.1) is 19.9 Å². The van der Waals surface area contributed by atoms with Gasteiger partial charge in [0.25, 0.3) is 0 Å². The summed E-state index contributed by atoms with van der Waals surface area (Å²) in [5, 5.41) is 5.23. The fourth-order valence-corrected chi connectivity index (χ4v) is 3.25. The van der Waals surface area contributed by atoms with Gasteiger partial charge in [-0.25, -0.2) is 4.98 Å². The van der Waals surface area contributed by atoms with Crippen molar-refractivity contribution in [1.29, 1.82) is 0 Å². The number of benzene rings is 2. The molecule has 0 aliphatic rings. The molecule has 0 aliphatic heterocycles. The van der Waals surface area contributed by atoms with Crippen molar-refractivity contribution >= 4 is 28.5 Å². The van der Waals surface area contributed by atoms with Gasteiger partial charge in [0.15, 0.2) is 5.13 Å². The second kappa shape index (κ2) is 8.51. The van der Waals surface area contributed by atoms with Crippen LogP contribution < -0.4 is 14.8 Å². The fourth-order valence-electron chi connectivity index (χ4n) is 2.54. The molecular weight excluding hydrogens is 360 g/mol. The minimum atomic E-state index is -0.241. The molecule has 0 radical (unpaired) electrons. The maximum absolute atomic E-state index is 12.2. The Morgan fingerprint density at radius 3 is 2.78 bits per heavy atom. The van der Waals surface area contributed by atoms with Crippen LogP contribution in [0.5, 0.6) is 11.5 Å². The van der Waals surface area contributed by atoms with Crippen LogP contribution >= 0.6 is 11.3 Å². The van der Waals surface area contributed by atoms with Crippen LogP contribution in [-0.2, 0) is 4.79 Å². The SMILES string of the molecule is COc1cccc(C=CC(=O)Nc2nc(-c3cc(C)ccc3OC)cs2)c1. The zero-order chi connectivity index (χ0) is 19.2. The summed E-state index contributed by atoms with van der Waals surface area (Å²) in [5.41, 5.74) is 3.67. The Bertz CT molecular complexity index is 979. The van der Waals surface area contributed by atoms with E-state index in [0.717, 1.165) is 33.9 Å². The van der Waals surface area contributed by atoms with Gasteiger partial charge in [-0.15, -0.1) is 11.3 Å². The molecule has 3 rings (SSSR count). The van der Waals surface area contributed by atoms with Crippen molar-refractivity contribution in [3.63, 3.8) is 0 Å². The summed E-state index contributed by atoms with van der Waals surface area (Å²) in [6, 6.07) is 13.4. The topological polar surface area (TPSA) is 60.5 Å². The van der Waals surface area contributed by atoms with Crippen LogP contribution in [0.3, 0.4) is 0 Å². The standard InChI is InChI=1S/C21H20N2O3S/c1-14-7-9-19(26-3)17(11-14)18-13-27-21(22-18)23-20(24)10-8-15-5-4-6-16(12-15)25-2/h4-13H,1-3H3,(H,22,23,24). The molecule has 1 N–H and O–H groups in total. The lowest BCUT2D eigenvalue weighted by Gasteiger charge is -2.07. The van der Waals surface area contributed by atoms with E-state index in [2.05, 4.69) is 10.3 Å². The molecule has 5 nitrogen and oxygen atoms in total. The van der Waals surface area contributed by atoms with Gasteiger partial charge >= 0.3 is 0 Å². The van der Waals surface area contributed by atoms with Crippen LogP contribution in [-0.4, -0.2) is 25.1 Å². The molecule has 0 bridgehead atoms. The smallest absolute Gasteiger partial charge is 0.250 e. The number of nitrogens with zero attached hydrogens (tertiary/aromatic N) is 1. The highest BCUT2D eigenvalue weighted by Gasteiger charge is 2.11. The second-order valence-electron chi connectivity index (χ2n) is 5.84. The number of anilines is 1. The summed E-state index contributed by atoms with van der Waals surface area (Å²) in [5.74, 6) is 1.26. The van der Waals surface area contributed by atoms with Gasteiger partial charge in [0.1, 0.15) is 11.5 Å². The lowest BCUT2D eigenvalue weighted by molar-refractivity contribution is -0.111. The number of aromatic nitrogens is 1. The average Bonchev–Trinajstić information content (AvgIpc) is 3.14. The zero-order valence-electron chi connectivity index (χ0n) is 15.4. The summed E-state index contributed by atoms with van der Waals surface area (Å²) in [7, 11) is 3.24. The first-order valence-corrected chi connectivity index (χ1v) is 9.20. The maximum atomic E-state index is 12.2. The highest BCUT2D eigenvalue weighted by molar-refractivity contribution is 7.14. The lowest BCUT2D eigenvalue weighted by atomic mass is 10.1. The molecule has 0 fully saturated rings. The molecule has 3 aromatic rings. The van der Waals surface area contributed by atoms with E-state index in [1.54, 1.807) is 20.3 Å². The normalized spacial score (nSPS) is 10.8. The van der Waals surface area contributed by atoms with Crippen LogP contribution in [0.1, 0.15) is 11.1 Å². The number of carbonyl (C=O) groups is 1. The van der Waals surface area contributed by atoms with E-state index in [-0.39, 0.29) is 5.91 Å². The van der Waals surface area contributed by atoms with Gasteiger partial charge in [0, 0.05) is 17.0 Å². The fraction of sp³-hybridized carbons (Fsp3) is 0.143. The number of hydrogen-bond donors (Lipinski definition) is 1. The van der Waals surface area contributed by atoms with Crippen molar-refractivity contribution in [2.45, 2.75) is 6.92 Å². The number of hydrogen-bond acceptors (Lipinski definition) is 5. The minimum Gasteiger partial charge on any atom is -0.497 e. The van der Waals surface area contributed by atoms with Crippen molar-refractivity contribution in [2.24, 2.45) is 0 Å². The molecule has 1 heterocycles. The largest absolute Gasteiger partial charge is 0.497 e. The molecule has 138 valence electrons. The molecule has 1 amide bonds. The average molecular weight is 380 g/mol. The van der Waals surface area contributed by atoms with Crippen molar-refractivity contribution in [3.8, 4) is 22.8 Å². The van der Waals surface area contributed by atoms with Gasteiger partial charge in [-0.2, -0.15) is 0 Å². The van der Waals surface area contributed by atoms with Crippen molar-refractivity contribution < 1.29 is 14.3 Å². The zero-order valence-corrected chi connectivity index (χ0v) is 16.2. The molecule has 6 heteroatoms. The molecule has 0 atom stereocenters. The third kappa shape index (κ3) is 4.74. The van der Waals surface area contributed by atoms with E-state index < -0.39 is 0 Å². The van der Waals surface area contributed by atoms with Crippen molar-refractivity contribution in [3.05, 3.63) is 65.0 Å².